The Balaban J connectivity index is 0.000000840. The smallest absolute Gasteiger partial charge is 0.414 e. The van der Waals surface area contributed by atoms with Crippen molar-refractivity contribution in [1.82, 2.24) is 4.90 Å². The van der Waals surface area contributed by atoms with E-state index in [-0.39, 0.29) is 4.08 Å². The monoisotopic (exact) mass is 595 g/mol. The summed E-state index contributed by atoms with van der Waals surface area (Å²) in [5, 5.41) is 14.8. The van der Waals surface area contributed by atoms with Crippen molar-refractivity contribution in [2.75, 3.05) is 60.1 Å². The maximum absolute atomic E-state index is 9.10. The van der Waals surface area contributed by atoms with E-state index in [1.807, 2.05) is 12.1 Å². The normalized spacial score (nSPS) is 14.1. The summed E-state index contributed by atoms with van der Waals surface area (Å²) in [7, 11) is 8.98. The van der Waals surface area contributed by atoms with Crippen molar-refractivity contribution in [3.05, 3.63) is 47.5 Å². The van der Waals surface area contributed by atoms with Crippen LogP contribution < -0.4 is 18.9 Å². The Morgan fingerprint density at radius 3 is 1.90 bits per heavy atom. The lowest BCUT2D eigenvalue weighted by atomic mass is 10.0. The summed E-state index contributed by atoms with van der Waals surface area (Å²) in [5.74, 6) is 1.97. The number of ether oxygens (including phenoxy) is 4. The van der Waals surface area contributed by atoms with Gasteiger partial charge in [-0.05, 0) is 92.6 Å². The Morgan fingerprint density at radius 2 is 1.35 bits per heavy atom. The molecule has 0 amide bonds. The SMILES string of the molecule is COc1ccc(CCN(C)CCCCC2(c3ccc(OC)c(OC)c3)SCCCS2)cc1OC.O=C(O)C(=O)O. The van der Waals surface area contributed by atoms with E-state index in [9.17, 15) is 0 Å². The minimum Gasteiger partial charge on any atom is -0.493 e. The maximum Gasteiger partial charge on any atom is 0.414 e. The average Bonchev–Trinajstić information content (AvgIpc) is 2.98. The second-order valence-electron chi connectivity index (χ2n) is 9.18. The van der Waals surface area contributed by atoms with E-state index in [1.54, 1.807) is 28.4 Å². The summed E-state index contributed by atoms with van der Waals surface area (Å²) in [4.78, 5) is 20.6. The number of hydrogen-bond donors (Lipinski definition) is 2. The molecule has 1 fully saturated rings. The lowest BCUT2D eigenvalue weighted by Gasteiger charge is -2.37. The van der Waals surface area contributed by atoms with Gasteiger partial charge in [-0.15, -0.1) is 23.5 Å². The number of thioether (sulfide) groups is 2. The van der Waals surface area contributed by atoms with Crippen molar-refractivity contribution in [2.45, 2.75) is 36.2 Å². The first-order valence-corrected chi connectivity index (χ1v) is 15.0. The van der Waals surface area contributed by atoms with Gasteiger partial charge in [-0.1, -0.05) is 12.1 Å². The topological polar surface area (TPSA) is 115 Å². The van der Waals surface area contributed by atoms with Gasteiger partial charge in [-0.3, -0.25) is 0 Å². The van der Waals surface area contributed by atoms with Gasteiger partial charge in [0.1, 0.15) is 0 Å². The van der Waals surface area contributed by atoms with E-state index < -0.39 is 11.9 Å². The van der Waals surface area contributed by atoms with Crippen molar-refractivity contribution >= 4 is 35.5 Å². The van der Waals surface area contributed by atoms with Crippen LogP contribution in [-0.4, -0.2) is 87.1 Å². The van der Waals surface area contributed by atoms with Crippen molar-refractivity contribution in [3.8, 4) is 23.0 Å². The van der Waals surface area contributed by atoms with Gasteiger partial charge in [0.25, 0.3) is 0 Å². The number of nitrogens with zero attached hydrogens (tertiary/aromatic N) is 1. The fraction of sp³-hybridized carbons (Fsp3) is 0.517. The summed E-state index contributed by atoms with van der Waals surface area (Å²) < 4.78 is 21.9. The molecule has 2 aromatic carbocycles. The Morgan fingerprint density at radius 1 is 0.800 bits per heavy atom. The van der Waals surface area contributed by atoms with Gasteiger partial charge in [0.05, 0.1) is 32.5 Å². The van der Waals surface area contributed by atoms with Crippen LogP contribution in [0.15, 0.2) is 36.4 Å². The maximum atomic E-state index is 9.10. The Hall–Kier alpha value is -2.76. The highest BCUT2D eigenvalue weighted by atomic mass is 32.2. The predicted molar refractivity (Wildman–Crippen MR) is 161 cm³/mol. The van der Waals surface area contributed by atoms with Crippen LogP contribution in [0.5, 0.6) is 23.0 Å². The molecule has 0 unspecified atom stereocenters. The van der Waals surface area contributed by atoms with Gasteiger partial charge in [0.15, 0.2) is 23.0 Å². The van der Waals surface area contributed by atoms with Gasteiger partial charge in [0, 0.05) is 6.54 Å². The van der Waals surface area contributed by atoms with Crippen LogP contribution in [-0.2, 0) is 20.1 Å². The number of benzene rings is 2. The van der Waals surface area contributed by atoms with Crippen LogP contribution in [0.3, 0.4) is 0 Å². The van der Waals surface area contributed by atoms with E-state index in [2.05, 4.69) is 59.7 Å². The largest absolute Gasteiger partial charge is 0.493 e. The number of aliphatic carboxylic acids is 2. The van der Waals surface area contributed by atoms with Gasteiger partial charge >= 0.3 is 11.9 Å². The Labute approximate surface area is 245 Å². The van der Waals surface area contributed by atoms with Gasteiger partial charge in [-0.2, -0.15) is 0 Å². The fourth-order valence-corrected chi connectivity index (χ4v) is 7.73. The number of carboxylic acids is 2. The molecule has 0 aromatic heterocycles. The second kappa shape index (κ2) is 17.1. The molecule has 0 spiro atoms. The van der Waals surface area contributed by atoms with Crippen LogP contribution in [0.4, 0.5) is 0 Å². The van der Waals surface area contributed by atoms with Crippen LogP contribution in [0.2, 0.25) is 0 Å². The minimum absolute atomic E-state index is 0.107. The first-order chi connectivity index (χ1) is 19.2. The predicted octanol–water partition coefficient (Wildman–Crippen LogP) is 5.24. The third kappa shape index (κ3) is 10.0. The molecule has 9 nitrogen and oxygen atoms in total. The molecule has 1 aliphatic rings. The summed E-state index contributed by atoms with van der Waals surface area (Å²) in [5.41, 5.74) is 2.62. The molecule has 0 bridgehead atoms. The number of unbranched alkanes of at least 4 members (excludes halogenated alkanes) is 1. The van der Waals surface area contributed by atoms with Crippen LogP contribution in [0.1, 0.15) is 36.8 Å². The summed E-state index contributed by atoms with van der Waals surface area (Å²) in [6.45, 7) is 2.13. The number of likely N-dealkylation sites (N-methyl/N-ethyl adjacent to an activating group) is 1. The third-order valence-electron chi connectivity index (χ3n) is 6.49. The van der Waals surface area contributed by atoms with E-state index in [4.69, 9.17) is 38.7 Å². The van der Waals surface area contributed by atoms with E-state index >= 15 is 0 Å². The van der Waals surface area contributed by atoms with E-state index in [0.29, 0.717) is 0 Å². The summed E-state index contributed by atoms with van der Waals surface area (Å²) >= 11 is 4.20. The van der Waals surface area contributed by atoms with E-state index in [0.717, 1.165) is 42.5 Å². The first kappa shape index (κ1) is 33.4. The van der Waals surface area contributed by atoms with Gasteiger partial charge in [0.2, 0.25) is 0 Å². The zero-order valence-corrected chi connectivity index (χ0v) is 25.6. The molecule has 40 heavy (non-hydrogen) atoms. The molecule has 2 N–H and O–H groups in total. The Bertz CT molecular complexity index is 1080. The first-order valence-electron chi connectivity index (χ1n) is 13.1. The van der Waals surface area contributed by atoms with Crippen LogP contribution in [0.25, 0.3) is 0 Å². The van der Waals surface area contributed by atoms with Crippen molar-refractivity contribution in [3.63, 3.8) is 0 Å². The molecular formula is C29H41NO8S2. The molecule has 0 aliphatic carbocycles. The fourth-order valence-electron chi connectivity index (χ4n) is 4.31. The molecule has 1 saturated heterocycles. The van der Waals surface area contributed by atoms with Crippen molar-refractivity contribution in [2.24, 2.45) is 0 Å². The van der Waals surface area contributed by atoms with Crippen LogP contribution in [0, 0.1) is 0 Å². The van der Waals surface area contributed by atoms with Gasteiger partial charge < -0.3 is 34.1 Å². The highest BCUT2D eigenvalue weighted by molar-refractivity contribution is 8.18. The number of methoxy groups -OCH3 is 4. The summed E-state index contributed by atoms with van der Waals surface area (Å²) in [6, 6.07) is 12.6. The molecule has 0 saturated carbocycles. The number of hydrogen-bond acceptors (Lipinski definition) is 9. The quantitative estimate of drug-likeness (QED) is 0.234. The van der Waals surface area contributed by atoms with Gasteiger partial charge in [-0.25, -0.2) is 9.59 Å². The Kier molecular flexibility index (Phi) is 14.3. The zero-order chi connectivity index (χ0) is 29.5. The molecule has 2 aromatic rings. The standard InChI is InChI=1S/C27H39NO4S2.C2H2O4/c1-28(16-13-21-9-11-23(29-2)25(19-21)31-4)15-7-6-14-27(33-17-8-18-34-27)22-10-12-24(30-3)26(20-22)32-5;3-1(4)2(5)6/h9-12,19-20H,6-8,13-18H2,1-5H3;(H,3,4)(H,5,6). The molecule has 3 rings (SSSR count). The molecule has 11 heteroatoms. The minimum atomic E-state index is -1.82. The molecule has 0 atom stereocenters. The summed E-state index contributed by atoms with van der Waals surface area (Å²) in [6.07, 6.45) is 5.84. The number of rotatable bonds is 13. The second-order valence-corrected chi connectivity index (χ2v) is 12.2. The highest BCUT2D eigenvalue weighted by Gasteiger charge is 2.35. The molecule has 1 aliphatic heterocycles. The molecule has 1 heterocycles. The number of carbonyl (C=O) groups is 2. The lowest BCUT2D eigenvalue weighted by molar-refractivity contribution is -0.159. The van der Waals surface area contributed by atoms with Crippen molar-refractivity contribution < 1.29 is 38.7 Å². The van der Waals surface area contributed by atoms with Crippen molar-refractivity contribution in [1.29, 1.82) is 0 Å². The third-order valence-corrected chi connectivity index (χ3v) is 10.00. The van der Waals surface area contributed by atoms with Crippen LogP contribution >= 0.6 is 23.5 Å². The number of carboxylic acid groups (broad SMARTS) is 2. The lowest BCUT2D eigenvalue weighted by Crippen LogP contribution is -2.25. The highest BCUT2D eigenvalue weighted by Crippen LogP contribution is 2.54. The molecule has 0 radical (unpaired) electrons. The zero-order valence-electron chi connectivity index (χ0n) is 23.9. The molecular weight excluding hydrogens is 554 g/mol. The van der Waals surface area contributed by atoms with E-state index in [1.165, 1.54) is 48.3 Å². The average molecular weight is 596 g/mol. The molecule has 222 valence electrons.